The van der Waals surface area contributed by atoms with Crippen molar-refractivity contribution in [3.63, 3.8) is 0 Å². The molecule has 3 heterocycles. The Hall–Kier alpha value is -2.48. The highest BCUT2D eigenvalue weighted by atomic mass is 16.5. The van der Waals surface area contributed by atoms with Crippen LogP contribution in [0.1, 0.15) is 60.5 Å². The number of hydrogen-bond donors (Lipinski definition) is 1. The number of ether oxygens (including phenoxy) is 4. The summed E-state index contributed by atoms with van der Waals surface area (Å²) < 4.78 is 22.2. The van der Waals surface area contributed by atoms with E-state index < -0.39 is 0 Å². The first-order valence-electron chi connectivity index (χ1n) is 13.2. The Kier molecular flexibility index (Phi) is 7.07. The number of nitrogens with zero attached hydrogens (tertiary/aromatic N) is 1. The fraction of sp³-hybridized carbons (Fsp3) is 0.586. The number of nitrogens with one attached hydrogen (secondary N) is 1. The van der Waals surface area contributed by atoms with Crippen LogP contribution in [0.25, 0.3) is 0 Å². The van der Waals surface area contributed by atoms with Crippen LogP contribution in [-0.4, -0.2) is 52.7 Å². The summed E-state index contributed by atoms with van der Waals surface area (Å²) in [6.07, 6.45) is 4.71. The molecule has 7 heteroatoms. The van der Waals surface area contributed by atoms with Crippen LogP contribution < -0.4 is 24.3 Å². The predicted molar refractivity (Wildman–Crippen MR) is 140 cm³/mol. The van der Waals surface area contributed by atoms with E-state index >= 15 is 0 Å². The second kappa shape index (κ2) is 10.1. The van der Waals surface area contributed by atoms with Crippen molar-refractivity contribution >= 4 is 0 Å². The lowest BCUT2D eigenvalue weighted by atomic mass is 9.72. The summed E-state index contributed by atoms with van der Waals surface area (Å²) in [5, 5.41) is 18.0. The van der Waals surface area contributed by atoms with Crippen LogP contribution in [-0.2, 0) is 12.8 Å². The fourth-order valence-electron chi connectivity index (χ4n) is 6.98. The van der Waals surface area contributed by atoms with Gasteiger partial charge in [0.05, 0.1) is 41.5 Å². The molecule has 7 nitrogen and oxygen atoms in total. The maximum Gasteiger partial charge on any atom is 0.161 e. The third-order valence-electron chi connectivity index (χ3n) is 8.94. The Bertz CT molecular complexity index is 1110. The van der Waals surface area contributed by atoms with Crippen molar-refractivity contribution in [2.75, 3.05) is 48.1 Å². The summed E-state index contributed by atoms with van der Waals surface area (Å²) in [6, 6.07) is 8.61. The maximum atomic E-state index is 14.2. The molecule has 0 amide bonds. The molecule has 1 N–H and O–H groups in total. The van der Waals surface area contributed by atoms with Gasteiger partial charge in [0.15, 0.2) is 23.0 Å². The number of rotatable bonds is 7. The zero-order chi connectivity index (χ0) is 25.4. The molecule has 0 bridgehead atoms. The number of benzene rings is 2. The largest absolute Gasteiger partial charge is 0.632 e. The molecule has 196 valence electrons. The lowest BCUT2D eigenvalue weighted by Gasteiger charge is -2.58. The highest BCUT2D eigenvalue weighted by Crippen LogP contribution is 2.51. The Balaban J connectivity index is 1.46. The van der Waals surface area contributed by atoms with Gasteiger partial charge in [-0.05, 0) is 72.7 Å². The number of methoxy groups -OCH3 is 4. The van der Waals surface area contributed by atoms with Crippen molar-refractivity contribution in [3.05, 3.63) is 51.7 Å². The number of quaternary nitrogens is 1. The van der Waals surface area contributed by atoms with Crippen LogP contribution in [0.3, 0.4) is 0 Å². The second-order valence-corrected chi connectivity index (χ2v) is 10.6. The van der Waals surface area contributed by atoms with Gasteiger partial charge in [0.1, 0.15) is 6.04 Å². The van der Waals surface area contributed by atoms with Gasteiger partial charge in [-0.1, -0.05) is 6.92 Å². The number of fused-ring (bicyclic) bond motifs is 4. The summed E-state index contributed by atoms with van der Waals surface area (Å²) in [6.45, 7) is 4.51. The standard InChI is InChI=1S/C29H40N2O5/c1-6-18-17-31(32)10-8-20-14-27(34-3)29(36-5)16-23(20)25(31)12-21(18)11-24-22-15-28(35-4)26(33-2)13-19(22)7-9-30-24/h13-16,18,21,24-25,30H,6-12,17H2,1-5H3/t18-,21+,24-,25+,31-/m1/s1. The van der Waals surface area contributed by atoms with Gasteiger partial charge in [-0.25, -0.2) is 0 Å². The smallest absolute Gasteiger partial charge is 0.161 e. The summed E-state index contributed by atoms with van der Waals surface area (Å²) in [5.74, 6) is 3.88. The highest BCUT2D eigenvalue weighted by Gasteiger charge is 2.46. The minimum atomic E-state index is -0.114. The third-order valence-corrected chi connectivity index (χ3v) is 8.94. The van der Waals surface area contributed by atoms with Crippen LogP contribution >= 0.6 is 0 Å². The summed E-state index contributed by atoms with van der Waals surface area (Å²) in [7, 11) is 6.72. The molecule has 3 aliphatic heterocycles. The topological polar surface area (TPSA) is 72.0 Å². The van der Waals surface area contributed by atoms with Gasteiger partial charge in [0, 0.05) is 30.4 Å². The van der Waals surface area contributed by atoms with Crippen LogP contribution in [0.15, 0.2) is 24.3 Å². The number of hydrogen-bond acceptors (Lipinski definition) is 6. The fourth-order valence-corrected chi connectivity index (χ4v) is 6.98. The predicted octanol–water partition coefficient (Wildman–Crippen LogP) is 4.96. The van der Waals surface area contributed by atoms with Gasteiger partial charge in [0.2, 0.25) is 0 Å². The van der Waals surface area contributed by atoms with Gasteiger partial charge >= 0.3 is 0 Å². The van der Waals surface area contributed by atoms with E-state index in [4.69, 9.17) is 18.9 Å². The molecular weight excluding hydrogens is 456 g/mol. The normalized spacial score (nSPS) is 28.9. The molecule has 0 aromatic heterocycles. The van der Waals surface area contributed by atoms with E-state index in [9.17, 15) is 5.21 Å². The van der Waals surface area contributed by atoms with Crippen molar-refractivity contribution < 1.29 is 23.6 Å². The van der Waals surface area contributed by atoms with Crippen LogP contribution in [0, 0.1) is 17.0 Å². The van der Waals surface area contributed by atoms with Gasteiger partial charge in [-0.3, -0.25) is 0 Å². The molecule has 5 rings (SSSR count). The van der Waals surface area contributed by atoms with Crippen LogP contribution in [0.2, 0.25) is 0 Å². The molecule has 2 aromatic rings. The van der Waals surface area contributed by atoms with E-state index in [2.05, 4.69) is 36.5 Å². The molecule has 2 aromatic carbocycles. The molecule has 0 saturated carbocycles. The molecule has 36 heavy (non-hydrogen) atoms. The van der Waals surface area contributed by atoms with Crippen molar-refractivity contribution in [2.24, 2.45) is 11.8 Å². The molecule has 1 saturated heterocycles. The van der Waals surface area contributed by atoms with E-state index in [-0.39, 0.29) is 16.7 Å². The molecule has 0 spiro atoms. The Morgan fingerprint density at radius 3 is 2.03 bits per heavy atom. The average molecular weight is 497 g/mol. The molecule has 5 atom stereocenters. The van der Waals surface area contributed by atoms with E-state index in [1.165, 1.54) is 16.7 Å². The SMILES string of the molecule is CC[C@@H]1C[N@+]2([O-])CCc3cc(OC)c(OC)cc3[C@@H]2C[C@@H]1C[C@H]1NCCc2cc(OC)c(OC)cc21. The van der Waals surface area contributed by atoms with E-state index in [0.717, 1.165) is 61.5 Å². The van der Waals surface area contributed by atoms with Crippen molar-refractivity contribution in [2.45, 2.75) is 51.1 Å². The number of piperidine rings is 1. The summed E-state index contributed by atoms with van der Waals surface area (Å²) >= 11 is 0. The molecule has 0 unspecified atom stereocenters. The lowest BCUT2D eigenvalue weighted by Crippen LogP contribution is -2.57. The zero-order valence-electron chi connectivity index (χ0n) is 22.3. The first kappa shape index (κ1) is 25.2. The number of hydroxylamine groups is 3. The molecule has 0 radical (unpaired) electrons. The van der Waals surface area contributed by atoms with Gasteiger partial charge in [-0.15, -0.1) is 0 Å². The molecule has 3 aliphatic rings. The van der Waals surface area contributed by atoms with Gasteiger partial charge in [-0.2, -0.15) is 0 Å². The van der Waals surface area contributed by atoms with E-state index in [1.807, 2.05) is 0 Å². The van der Waals surface area contributed by atoms with Crippen molar-refractivity contribution in [1.82, 2.24) is 5.32 Å². The minimum Gasteiger partial charge on any atom is -0.632 e. The monoisotopic (exact) mass is 496 g/mol. The first-order valence-corrected chi connectivity index (χ1v) is 13.2. The lowest BCUT2D eigenvalue weighted by molar-refractivity contribution is -0.924. The summed E-state index contributed by atoms with van der Waals surface area (Å²) in [5.41, 5.74) is 5.01. The van der Waals surface area contributed by atoms with Crippen LogP contribution in [0.4, 0.5) is 0 Å². The third kappa shape index (κ3) is 4.31. The van der Waals surface area contributed by atoms with E-state index in [1.54, 1.807) is 28.4 Å². The summed E-state index contributed by atoms with van der Waals surface area (Å²) in [4.78, 5) is 0. The molecule has 0 aliphatic carbocycles. The quantitative estimate of drug-likeness (QED) is 0.432. The molecule has 1 fully saturated rings. The van der Waals surface area contributed by atoms with Gasteiger partial charge < -0.3 is 34.1 Å². The van der Waals surface area contributed by atoms with Gasteiger partial charge in [0.25, 0.3) is 0 Å². The maximum absolute atomic E-state index is 14.2. The first-order chi connectivity index (χ1) is 17.4. The Morgan fingerprint density at radius 2 is 1.42 bits per heavy atom. The zero-order valence-corrected chi connectivity index (χ0v) is 22.3. The van der Waals surface area contributed by atoms with E-state index in [0.29, 0.717) is 30.7 Å². The second-order valence-electron chi connectivity index (χ2n) is 10.6. The Labute approximate surface area is 214 Å². The highest BCUT2D eigenvalue weighted by molar-refractivity contribution is 5.50. The van der Waals surface area contributed by atoms with Crippen LogP contribution in [0.5, 0.6) is 23.0 Å². The minimum absolute atomic E-state index is 0.0604. The van der Waals surface area contributed by atoms with Crippen molar-refractivity contribution in [1.29, 1.82) is 0 Å². The Morgan fingerprint density at radius 1 is 0.833 bits per heavy atom. The molecular formula is C29H40N2O5. The average Bonchev–Trinajstić information content (AvgIpc) is 2.91. The van der Waals surface area contributed by atoms with Crippen molar-refractivity contribution in [3.8, 4) is 23.0 Å².